The molecule has 33 heavy (non-hydrogen) atoms. The molecule has 8 heteroatoms. The Labute approximate surface area is 199 Å². The maximum atomic E-state index is 13.3. The summed E-state index contributed by atoms with van der Waals surface area (Å²) < 4.78 is 10.6. The Morgan fingerprint density at radius 2 is 1.97 bits per heavy atom. The first kappa shape index (κ1) is 24.9. The lowest BCUT2D eigenvalue weighted by Crippen LogP contribution is -2.52. The largest absolute Gasteiger partial charge is 0.468 e. The third-order valence-electron chi connectivity index (χ3n) is 5.49. The van der Waals surface area contributed by atoms with Crippen LogP contribution < -0.4 is 5.32 Å². The average molecular weight is 473 g/mol. The van der Waals surface area contributed by atoms with E-state index in [1.165, 1.54) is 11.8 Å². The molecule has 1 saturated heterocycles. The van der Waals surface area contributed by atoms with Crippen molar-refractivity contribution in [2.75, 3.05) is 12.3 Å². The maximum absolute atomic E-state index is 13.3. The average Bonchev–Trinajstić information content (AvgIpc) is 3.49. The number of nitrogens with one attached hydrogen (secondary N) is 1. The smallest absolute Gasteiger partial charge is 0.408 e. The van der Waals surface area contributed by atoms with Crippen molar-refractivity contribution in [1.29, 1.82) is 0 Å². The van der Waals surface area contributed by atoms with Crippen molar-refractivity contribution in [3.8, 4) is 0 Å². The Morgan fingerprint density at radius 1 is 1.18 bits per heavy atom. The molecule has 2 heterocycles. The van der Waals surface area contributed by atoms with Crippen LogP contribution in [0.3, 0.4) is 0 Å². The summed E-state index contributed by atoms with van der Waals surface area (Å²) in [5.41, 5.74) is 0.872. The van der Waals surface area contributed by atoms with Crippen LogP contribution in [0.25, 0.3) is 0 Å². The fourth-order valence-electron chi connectivity index (χ4n) is 3.91. The number of thioether (sulfide) groups is 1. The van der Waals surface area contributed by atoms with Gasteiger partial charge in [-0.05, 0) is 42.9 Å². The molecule has 7 nitrogen and oxygen atoms in total. The molecule has 1 aromatic carbocycles. The molecule has 0 unspecified atom stereocenters. The molecule has 0 aliphatic carbocycles. The molecule has 0 radical (unpaired) electrons. The standard InChI is InChI=1S/C25H32N2O5S/c1-18(2)14-21(26-25(30)32-15-19-8-4-3-5-9-19)24(29)27-12-6-11-22(27)23(28)17-33-16-20-10-7-13-31-20/h3-5,7-10,13,18,21-22H,6,11-12,14-17H2,1-2H3,(H,26,30)/t21-,22-/m0/s1. The first-order valence-electron chi connectivity index (χ1n) is 11.3. The Kier molecular flexibility index (Phi) is 9.42. The number of ketones is 1. The van der Waals surface area contributed by atoms with Crippen molar-refractivity contribution in [2.45, 2.75) is 57.6 Å². The third kappa shape index (κ3) is 7.67. The van der Waals surface area contributed by atoms with Crippen LogP contribution in [0.15, 0.2) is 53.1 Å². The summed E-state index contributed by atoms with van der Waals surface area (Å²) in [7, 11) is 0. The van der Waals surface area contributed by atoms with Gasteiger partial charge in [-0.2, -0.15) is 0 Å². The highest BCUT2D eigenvalue weighted by molar-refractivity contribution is 7.99. The molecule has 0 spiro atoms. The molecule has 1 aliphatic heterocycles. The van der Waals surface area contributed by atoms with Crippen molar-refractivity contribution in [1.82, 2.24) is 10.2 Å². The highest BCUT2D eigenvalue weighted by Gasteiger charge is 2.37. The predicted octanol–water partition coefficient (Wildman–Crippen LogP) is 4.41. The summed E-state index contributed by atoms with van der Waals surface area (Å²) in [5.74, 6) is 1.76. The highest BCUT2D eigenvalue weighted by Crippen LogP contribution is 2.23. The van der Waals surface area contributed by atoms with Gasteiger partial charge in [-0.25, -0.2) is 4.79 Å². The van der Waals surface area contributed by atoms with Gasteiger partial charge in [0.05, 0.1) is 23.8 Å². The molecule has 2 amide bonds. The van der Waals surface area contributed by atoms with E-state index >= 15 is 0 Å². The van der Waals surface area contributed by atoms with Crippen molar-refractivity contribution >= 4 is 29.5 Å². The maximum Gasteiger partial charge on any atom is 0.408 e. The van der Waals surface area contributed by atoms with Gasteiger partial charge in [-0.3, -0.25) is 9.59 Å². The van der Waals surface area contributed by atoms with Crippen LogP contribution in [0.4, 0.5) is 4.79 Å². The number of carbonyl (C=O) groups is 3. The highest BCUT2D eigenvalue weighted by atomic mass is 32.2. The van der Waals surface area contributed by atoms with Gasteiger partial charge in [0.2, 0.25) is 5.91 Å². The summed E-state index contributed by atoms with van der Waals surface area (Å²) in [5, 5.41) is 2.74. The number of ether oxygens (including phenoxy) is 1. The molecule has 2 aromatic rings. The van der Waals surface area contributed by atoms with Crippen molar-refractivity contribution < 1.29 is 23.5 Å². The van der Waals surface area contributed by atoms with Crippen molar-refractivity contribution in [3.05, 3.63) is 60.1 Å². The molecule has 0 saturated carbocycles. The molecular formula is C25H32N2O5S. The van der Waals surface area contributed by atoms with Crippen LogP contribution in [-0.4, -0.2) is 47.1 Å². The lowest BCUT2D eigenvalue weighted by Gasteiger charge is -2.29. The number of benzene rings is 1. The second kappa shape index (κ2) is 12.5. The minimum Gasteiger partial charge on any atom is -0.468 e. The van der Waals surface area contributed by atoms with E-state index in [-0.39, 0.29) is 24.2 Å². The zero-order chi connectivity index (χ0) is 23.6. The Hall–Kier alpha value is -2.74. The van der Waals surface area contributed by atoms with E-state index in [1.807, 2.05) is 56.3 Å². The van der Waals surface area contributed by atoms with Gasteiger partial charge in [0, 0.05) is 6.54 Å². The molecule has 178 valence electrons. The van der Waals surface area contributed by atoms with Gasteiger partial charge in [-0.15, -0.1) is 11.8 Å². The summed E-state index contributed by atoms with van der Waals surface area (Å²) in [6.07, 6.45) is 2.89. The summed E-state index contributed by atoms with van der Waals surface area (Å²) >= 11 is 1.48. The van der Waals surface area contributed by atoms with Crippen LogP contribution in [0, 0.1) is 5.92 Å². The van der Waals surface area contributed by atoms with Crippen molar-refractivity contribution in [2.24, 2.45) is 5.92 Å². The van der Waals surface area contributed by atoms with E-state index in [4.69, 9.17) is 9.15 Å². The zero-order valence-corrected chi connectivity index (χ0v) is 20.0. The molecular weight excluding hydrogens is 440 g/mol. The van der Waals surface area contributed by atoms with E-state index in [9.17, 15) is 14.4 Å². The van der Waals surface area contributed by atoms with Crippen LogP contribution in [0.2, 0.25) is 0 Å². The monoisotopic (exact) mass is 472 g/mol. The second-order valence-electron chi connectivity index (χ2n) is 8.62. The van der Waals surface area contributed by atoms with Crippen LogP contribution in [0.1, 0.15) is 44.4 Å². The molecule has 0 bridgehead atoms. The van der Waals surface area contributed by atoms with Gasteiger partial charge < -0.3 is 19.4 Å². The van der Waals surface area contributed by atoms with E-state index in [0.717, 1.165) is 17.7 Å². The van der Waals surface area contributed by atoms with E-state index in [0.29, 0.717) is 30.9 Å². The quantitative estimate of drug-likeness (QED) is 0.521. The normalized spacial score (nSPS) is 16.6. The van der Waals surface area contributed by atoms with Crippen LogP contribution in [0.5, 0.6) is 0 Å². The van der Waals surface area contributed by atoms with E-state index < -0.39 is 18.2 Å². The molecule has 3 rings (SSSR count). The number of likely N-dealkylation sites (tertiary alicyclic amines) is 1. The fourth-order valence-corrected chi connectivity index (χ4v) is 4.77. The summed E-state index contributed by atoms with van der Waals surface area (Å²) in [4.78, 5) is 40.3. The number of alkyl carbamates (subject to hydrolysis) is 1. The predicted molar refractivity (Wildman–Crippen MR) is 128 cm³/mol. The van der Waals surface area contributed by atoms with Gasteiger partial charge in [0.15, 0.2) is 5.78 Å². The molecule has 1 aromatic heterocycles. The Bertz CT molecular complexity index is 901. The summed E-state index contributed by atoms with van der Waals surface area (Å²) in [6, 6.07) is 11.9. The second-order valence-corrected chi connectivity index (χ2v) is 9.60. The van der Waals surface area contributed by atoms with Crippen LogP contribution in [-0.2, 0) is 26.7 Å². The number of Topliss-reactive ketones (excluding diaryl/α,β-unsaturated/α-hetero) is 1. The van der Waals surface area contributed by atoms with Gasteiger partial charge >= 0.3 is 6.09 Å². The van der Waals surface area contributed by atoms with E-state index in [1.54, 1.807) is 11.2 Å². The number of rotatable bonds is 11. The van der Waals surface area contributed by atoms with Crippen molar-refractivity contribution in [3.63, 3.8) is 0 Å². The molecule has 2 atom stereocenters. The minimum atomic E-state index is -0.725. The number of furan rings is 1. The topological polar surface area (TPSA) is 88.9 Å². The number of carbonyl (C=O) groups excluding carboxylic acids is 3. The van der Waals surface area contributed by atoms with Crippen LogP contribution >= 0.6 is 11.8 Å². The fraction of sp³-hybridized carbons (Fsp3) is 0.480. The Balaban J connectivity index is 1.55. The number of hydrogen-bond donors (Lipinski definition) is 1. The lowest BCUT2D eigenvalue weighted by atomic mass is 10.0. The lowest BCUT2D eigenvalue weighted by molar-refractivity contribution is -0.138. The van der Waals surface area contributed by atoms with Gasteiger partial charge in [0.1, 0.15) is 18.4 Å². The SMILES string of the molecule is CC(C)C[C@H](NC(=O)OCc1ccccc1)C(=O)N1CCC[C@H]1C(=O)CSCc1ccco1. The molecule has 1 N–H and O–H groups in total. The third-order valence-corrected chi connectivity index (χ3v) is 6.46. The number of amides is 2. The first-order valence-corrected chi connectivity index (χ1v) is 12.5. The first-order chi connectivity index (χ1) is 15.9. The number of nitrogens with zero attached hydrogens (tertiary/aromatic N) is 1. The Morgan fingerprint density at radius 3 is 2.67 bits per heavy atom. The summed E-state index contributed by atoms with van der Waals surface area (Å²) in [6.45, 7) is 4.64. The molecule has 1 aliphatic rings. The minimum absolute atomic E-state index is 0.0346. The zero-order valence-electron chi connectivity index (χ0n) is 19.2. The van der Waals surface area contributed by atoms with Gasteiger partial charge in [-0.1, -0.05) is 44.2 Å². The molecule has 1 fully saturated rings. The van der Waals surface area contributed by atoms with E-state index in [2.05, 4.69) is 5.32 Å². The van der Waals surface area contributed by atoms with Gasteiger partial charge in [0.25, 0.3) is 0 Å². The number of hydrogen-bond acceptors (Lipinski definition) is 6.